The Kier molecular flexibility index (Phi) is 2.15. The average Bonchev–Trinajstić information content (AvgIpc) is 2.47. The molecule has 0 atom stereocenters. The minimum Gasteiger partial charge on any atom is -0.508 e. The topological polar surface area (TPSA) is 46.3 Å². The van der Waals surface area contributed by atoms with Crippen molar-refractivity contribution < 1.29 is 9.63 Å². The van der Waals surface area contributed by atoms with Crippen LogP contribution in [0.1, 0.15) is 19.6 Å². The average molecular weight is 191 g/mol. The van der Waals surface area contributed by atoms with Crippen LogP contribution in [0, 0.1) is 5.92 Å². The van der Waals surface area contributed by atoms with Crippen LogP contribution in [0.3, 0.4) is 0 Å². The molecule has 0 saturated carbocycles. The number of benzene rings is 1. The summed E-state index contributed by atoms with van der Waals surface area (Å²) >= 11 is 0. The molecular weight excluding hydrogens is 178 g/mol. The van der Waals surface area contributed by atoms with Crippen molar-refractivity contribution in [1.82, 2.24) is 5.16 Å². The summed E-state index contributed by atoms with van der Waals surface area (Å²) < 4.78 is 5.22. The van der Waals surface area contributed by atoms with Gasteiger partial charge in [0.2, 0.25) is 0 Å². The molecule has 1 heterocycles. The molecule has 0 spiro atoms. The normalized spacial score (nSPS) is 11.4. The van der Waals surface area contributed by atoms with Gasteiger partial charge in [-0.25, -0.2) is 0 Å². The number of fused-ring (bicyclic) bond motifs is 1. The maximum absolute atomic E-state index is 9.24. The van der Waals surface area contributed by atoms with E-state index in [9.17, 15) is 5.11 Å². The SMILES string of the molecule is CC(C)Cc1onc2cc(O)ccc12. The maximum Gasteiger partial charge on any atom is 0.144 e. The quantitative estimate of drug-likeness (QED) is 0.793. The van der Waals surface area contributed by atoms with Crippen LogP contribution in [0.4, 0.5) is 0 Å². The molecule has 2 rings (SSSR count). The summed E-state index contributed by atoms with van der Waals surface area (Å²) in [5.74, 6) is 1.66. The second kappa shape index (κ2) is 3.33. The van der Waals surface area contributed by atoms with Gasteiger partial charge in [-0.1, -0.05) is 19.0 Å². The second-order valence-electron chi connectivity index (χ2n) is 3.91. The predicted molar refractivity (Wildman–Crippen MR) is 54.2 cm³/mol. The van der Waals surface area contributed by atoms with E-state index in [0.29, 0.717) is 5.92 Å². The number of aromatic nitrogens is 1. The molecule has 1 aromatic carbocycles. The molecule has 0 bridgehead atoms. The standard InChI is InChI=1S/C11H13NO2/c1-7(2)5-11-9-4-3-8(13)6-10(9)12-14-11/h3-4,6-7,13H,5H2,1-2H3. The molecule has 2 aromatic rings. The lowest BCUT2D eigenvalue weighted by Gasteiger charge is -1.99. The Morgan fingerprint density at radius 1 is 1.43 bits per heavy atom. The molecule has 1 aromatic heterocycles. The number of phenolic OH excluding ortho intramolecular Hbond substituents is 1. The summed E-state index contributed by atoms with van der Waals surface area (Å²) in [7, 11) is 0. The van der Waals surface area contributed by atoms with Gasteiger partial charge in [0.25, 0.3) is 0 Å². The van der Waals surface area contributed by atoms with E-state index in [0.717, 1.165) is 23.1 Å². The summed E-state index contributed by atoms with van der Waals surface area (Å²) in [6, 6.07) is 5.12. The lowest BCUT2D eigenvalue weighted by molar-refractivity contribution is 0.376. The van der Waals surface area contributed by atoms with Gasteiger partial charge in [0, 0.05) is 17.9 Å². The van der Waals surface area contributed by atoms with Gasteiger partial charge in [0.15, 0.2) is 0 Å². The third kappa shape index (κ3) is 1.58. The van der Waals surface area contributed by atoms with E-state index in [1.165, 1.54) is 0 Å². The predicted octanol–water partition coefficient (Wildman–Crippen LogP) is 2.73. The highest BCUT2D eigenvalue weighted by atomic mass is 16.5. The van der Waals surface area contributed by atoms with Crippen LogP contribution >= 0.6 is 0 Å². The van der Waals surface area contributed by atoms with Gasteiger partial charge < -0.3 is 9.63 Å². The van der Waals surface area contributed by atoms with E-state index < -0.39 is 0 Å². The highest BCUT2D eigenvalue weighted by molar-refractivity contribution is 5.81. The highest BCUT2D eigenvalue weighted by Gasteiger charge is 2.09. The zero-order valence-corrected chi connectivity index (χ0v) is 8.32. The van der Waals surface area contributed by atoms with Gasteiger partial charge in [-0.3, -0.25) is 0 Å². The van der Waals surface area contributed by atoms with Crippen LogP contribution in [0.2, 0.25) is 0 Å². The summed E-state index contributed by atoms with van der Waals surface area (Å²) in [6.45, 7) is 4.27. The molecular formula is C11H13NO2. The van der Waals surface area contributed by atoms with Gasteiger partial charge in [-0.15, -0.1) is 0 Å². The number of aromatic hydroxyl groups is 1. The van der Waals surface area contributed by atoms with Crippen molar-refractivity contribution in [2.45, 2.75) is 20.3 Å². The number of hydrogen-bond donors (Lipinski definition) is 1. The summed E-state index contributed by atoms with van der Waals surface area (Å²) in [5, 5.41) is 14.1. The Morgan fingerprint density at radius 2 is 2.21 bits per heavy atom. The molecule has 14 heavy (non-hydrogen) atoms. The summed E-state index contributed by atoms with van der Waals surface area (Å²) in [4.78, 5) is 0. The van der Waals surface area contributed by atoms with Crippen molar-refractivity contribution in [2.75, 3.05) is 0 Å². The molecule has 0 aliphatic heterocycles. The van der Waals surface area contributed by atoms with E-state index in [-0.39, 0.29) is 5.75 Å². The first-order chi connectivity index (χ1) is 6.66. The largest absolute Gasteiger partial charge is 0.508 e. The molecule has 3 heteroatoms. The number of hydrogen-bond acceptors (Lipinski definition) is 3. The maximum atomic E-state index is 9.24. The van der Waals surface area contributed by atoms with Gasteiger partial charge >= 0.3 is 0 Å². The molecule has 1 N–H and O–H groups in total. The molecule has 0 aliphatic rings. The van der Waals surface area contributed by atoms with Gasteiger partial charge in [-0.2, -0.15) is 0 Å². The molecule has 0 amide bonds. The van der Waals surface area contributed by atoms with Crippen molar-refractivity contribution in [3.8, 4) is 5.75 Å². The van der Waals surface area contributed by atoms with Crippen molar-refractivity contribution in [3.63, 3.8) is 0 Å². The Balaban J connectivity index is 2.47. The second-order valence-corrected chi connectivity index (χ2v) is 3.91. The number of rotatable bonds is 2. The van der Waals surface area contributed by atoms with Gasteiger partial charge in [-0.05, 0) is 18.1 Å². The van der Waals surface area contributed by atoms with Crippen LogP contribution in [-0.4, -0.2) is 10.3 Å². The molecule has 0 fully saturated rings. The van der Waals surface area contributed by atoms with Crippen LogP contribution in [0.5, 0.6) is 5.75 Å². The zero-order valence-electron chi connectivity index (χ0n) is 8.32. The van der Waals surface area contributed by atoms with E-state index in [1.54, 1.807) is 12.1 Å². The van der Waals surface area contributed by atoms with E-state index in [2.05, 4.69) is 19.0 Å². The van der Waals surface area contributed by atoms with Crippen molar-refractivity contribution in [1.29, 1.82) is 0 Å². The summed E-state index contributed by atoms with van der Waals surface area (Å²) in [6.07, 6.45) is 0.876. The van der Waals surface area contributed by atoms with Gasteiger partial charge in [0.05, 0.1) is 0 Å². The highest BCUT2D eigenvalue weighted by Crippen LogP contribution is 2.24. The third-order valence-electron chi connectivity index (χ3n) is 2.13. The van der Waals surface area contributed by atoms with Crippen LogP contribution < -0.4 is 0 Å². The monoisotopic (exact) mass is 191 g/mol. The lowest BCUT2D eigenvalue weighted by atomic mass is 10.1. The van der Waals surface area contributed by atoms with E-state index in [4.69, 9.17) is 4.52 Å². The zero-order chi connectivity index (χ0) is 10.1. The molecule has 0 unspecified atom stereocenters. The van der Waals surface area contributed by atoms with Crippen LogP contribution in [0.25, 0.3) is 10.9 Å². The van der Waals surface area contributed by atoms with Crippen LogP contribution in [0.15, 0.2) is 22.7 Å². The number of phenols is 1. The third-order valence-corrected chi connectivity index (χ3v) is 2.13. The van der Waals surface area contributed by atoms with Gasteiger partial charge in [0.1, 0.15) is 17.0 Å². The first kappa shape index (κ1) is 9.06. The van der Waals surface area contributed by atoms with Crippen molar-refractivity contribution >= 4 is 10.9 Å². The fourth-order valence-corrected chi connectivity index (χ4v) is 1.50. The lowest BCUT2D eigenvalue weighted by Crippen LogP contribution is -1.91. The van der Waals surface area contributed by atoms with Crippen molar-refractivity contribution in [2.24, 2.45) is 5.92 Å². The Bertz CT molecular complexity index is 445. The Morgan fingerprint density at radius 3 is 2.93 bits per heavy atom. The minimum atomic E-state index is 0.224. The fourth-order valence-electron chi connectivity index (χ4n) is 1.50. The molecule has 0 radical (unpaired) electrons. The summed E-state index contributed by atoms with van der Waals surface area (Å²) in [5.41, 5.74) is 0.723. The Labute approximate surface area is 82.3 Å². The molecule has 3 nitrogen and oxygen atoms in total. The smallest absolute Gasteiger partial charge is 0.144 e. The van der Waals surface area contributed by atoms with E-state index in [1.807, 2.05) is 6.07 Å². The molecule has 74 valence electrons. The Hall–Kier alpha value is -1.51. The van der Waals surface area contributed by atoms with Crippen LogP contribution in [-0.2, 0) is 6.42 Å². The number of nitrogens with zero attached hydrogens (tertiary/aromatic N) is 1. The molecule has 0 aliphatic carbocycles. The fraction of sp³-hybridized carbons (Fsp3) is 0.364. The molecule has 0 saturated heterocycles. The first-order valence-electron chi connectivity index (χ1n) is 4.74. The first-order valence-corrected chi connectivity index (χ1v) is 4.74. The van der Waals surface area contributed by atoms with E-state index >= 15 is 0 Å². The van der Waals surface area contributed by atoms with Crippen molar-refractivity contribution in [3.05, 3.63) is 24.0 Å². The minimum absolute atomic E-state index is 0.224.